The lowest BCUT2D eigenvalue weighted by molar-refractivity contribution is -0.152. The number of carbonyl (C=O) groups excluding carboxylic acids is 1. The summed E-state index contributed by atoms with van der Waals surface area (Å²) in [6.45, 7) is 3.92. The van der Waals surface area contributed by atoms with Gasteiger partial charge in [0, 0.05) is 12.1 Å². The van der Waals surface area contributed by atoms with E-state index in [2.05, 4.69) is 19.2 Å². The molecule has 9 heteroatoms. The molecule has 3 atom stereocenters. The number of amides is 1. The monoisotopic (exact) mass is 491 g/mol. The Morgan fingerprint density at radius 2 is 1.83 bits per heavy atom. The molecule has 5 nitrogen and oxygen atoms in total. The van der Waals surface area contributed by atoms with Crippen LogP contribution < -0.4 is 15.5 Å². The third-order valence-corrected chi connectivity index (χ3v) is 6.68. The van der Waals surface area contributed by atoms with Crippen LogP contribution in [0.1, 0.15) is 38.9 Å². The Kier molecular flexibility index (Phi) is 6.87. The van der Waals surface area contributed by atoms with Gasteiger partial charge in [0.1, 0.15) is 17.1 Å². The molecule has 0 radical (unpaired) electrons. The molecular weight excluding hydrogens is 466 g/mol. The molecule has 1 saturated carbocycles. The highest BCUT2D eigenvalue weighted by Crippen LogP contribution is 2.38. The zero-order chi connectivity index (χ0) is 25.3. The Labute approximate surface area is 199 Å². The van der Waals surface area contributed by atoms with Crippen molar-refractivity contribution in [3.8, 4) is 16.9 Å². The van der Waals surface area contributed by atoms with Crippen molar-refractivity contribution in [2.24, 2.45) is 11.8 Å². The first-order valence-electron chi connectivity index (χ1n) is 11.4. The van der Waals surface area contributed by atoms with Crippen LogP contribution in [-0.2, 0) is 11.0 Å². The number of carbonyl (C=O) groups is 1. The number of hydrogen-bond donors (Lipinski definition) is 1. The molecule has 1 aromatic heterocycles. The fourth-order valence-corrected chi connectivity index (χ4v) is 4.52. The van der Waals surface area contributed by atoms with Crippen LogP contribution in [-0.4, -0.2) is 18.6 Å². The normalized spacial score (nSPS) is 20.6. The molecule has 3 aromatic rings. The molecule has 0 saturated heterocycles. The van der Waals surface area contributed by atoms with Crippen molar-refractivity contribution in [3.05, 3.63) is 64.3 Å². The highest BCUT2D eigenvalue weighted by molar-refractivity contribution is 5.84. The third-order valence-electron chi connectivity index (χ3n) is 6.68. The topological polar surface area (TPSA) is 68.5 Å². The van der Waals surface area contributed by atoms with Crippen molar-refractivity contribution >= 4 is 16.9 Å². The average molecular weight is 491 g/mol. The van der Waals surface area contributed by atoms with Gasteiger partial charge in [0.05, 0.1) is 10.9 Å². The van der Waals surface area contributed by atoms with E-state index in [0.29, 0.717) is 11.8 Å². The summed E-state index contributed by atoms with van der Waals surface area (Å²) in [6.07, 6.45) is -1.94. The van der Waals surface area contributed by atoms with Crippen LogP contribution >= 0.6 is 0 Å². The predicted octanol–water partition coefficient (Wildman–Crippen LogP) is 5.94. The third kappa shape index (κ3) is 5.33. The van der Waals surface area contributed by atoms with Crippen molar-refractivity contribution in [1.82, 2.24) is 5.32 Å². The smallest absolute Gasteiger partial charge is 0.450 e. The van der Waals surface area contributed by atoms with E-state index in [4.69, 9.17) is 9.15 Å². The molecule has 0 spiro atoms. The Balaban J connectivity index is 1.59. The van der Waals surface area contributed by atoms with Gasteiger partial charge in [-0.15, -0.1) is 0 Å². The van der Waals surface area contributed by atoms with Crippen molar-refractivity contribution in [1.29, 1.82) is 0 Å². The van der Waals surface area contributed by atoms with Gasteiger partial charge in [-0.05, 0) is 48.1 Å². The summed E-state index contributed by atoms with van der Waals surface area (Å²) in [4.78, 5) is 25.4. The van der Waals surface area contributed by atoms with Gasteiger partial charge < -0.3 is 14.5 Å². The molecule has 0 bridgehead atoms. The molecule has 2 aromatic carbocycles. The van der Waals surface area contributed by atoms with Gasteiger partial charge in [-0.2, -0.15) is 13.2 Å². The molecule has 4 rings (SSSR count). The zero-order valence-electron chi connectivity index (χ0n) is 19.2. The second kappa shape index (κ2) is 9.71. The first kappa shape index (κ1) is 24.8. The summed E-state index contributed by atoms with van der Waals surface area (Å²) in [5.74, 6) is -1.55. The molecule has 1 N–H and O–H groups in total. The summed E-state index contributed by atoms with van der Waals surface area (Å²) < 4.78 is 65.2. The SMILES string of the molecule is C[C@@H]1[C@H](C)CCC[C@H]1NC(=O)COc1ccc2c(=O)c(-c3ccc(F)cc3)c(C(F)(F)F)oc2c1. The Morgan fingerprint density at radius 1 is 1.11 bits per heavy atom. The quantitative estimate of drug-likeness (QED) is 0.449. The molecule has 1 fully saturated rings. The zero-order valence-corrected chi connectivity index (χ0v) is 19.2. The second-order valence-electron chi connectivity index (χ2n) is 9.03. The lowest BCUT2D eigenvalue weighted by Crippen LogP contribution is -2.45. The van der Waals surface area contributed by atoms with Crippen LogP contribution in [0.2, 0.25) is 0 Å². The molecule has 0 unspecified atom stereocenters. The summed E-state index contributed by atoms with van der Waals surface area (Å²) >= 11 is 0. The number of rotatable bonds is 5. The molecule has 35 heavy (non-hydrogen) atoms. The second-order valence-corrected chi connectivity index (χ2v) is 9.03. The van der Waals surface area contributed by atoms with Gasteiger partial charge in [0.15, 0.2) is 6.61 Å². The highest BCUT2D eigenvalue weighted by Gasteiger charge is 2.39. The van der Waals surface area contributed by atoms with Crippen LogP contribution in [0.5, 0.6) is 5.75 Å². The molecular formula is C26H25F4NO4. The minimum atomic E-state index is -4.97. The van der Waals surface area contributed by atoms with Gasteiger partial charge >= 0.3 is 6.18 Å². The van der Waals surface area contributed by atoms with Crippen LogP contribution in [0.4, 0.5) is 17.6 Å². The number of ether oxygens (including phenoxy) is 1. The first-order chi connectivity index (χ1) is 16.5. The van der Waals surface area contributed by atoms with Crippen LogP contribution in [0.25, 0.3) is 22.1 Å². The van der Waals surface area contributed by atoms with Gasteiger partial charge in [-0.1, -0.05) is 38.8 Å². The van der Waals surface area contributed by atoms with Crippen molar-refractivity contribution in [2.75, 3.05) is 6.61 Å². The number of fused-ring (bicyclic) bond motifs is 1. The Bertz CT molecular complexity index is 1280. The first-order valence-corrected chi connectivity index (χ1v) is 11.4. The molecule has 1 heterocycles. The van der Waals surface area contributed by atoms with E-state index < -0.39 is 28.7 Å². The van der Waals surface area contributed by atoms with E-state index in [1.807, 2.05) is 0 Å². The fraction of sp³-hybridized carbons (Fsp3) is 0.385. The number of benzene rings is 2. The maximum atomic E-state index is 13.8. The van der Waals surface area contributed by atoms with E-state index in [-0.39, 0.29) is 40.8 Å². The highest BCUT2D eigenvalue weighted by atomic mass is 19.4. The minimum Gasteiger partial charge on any atom is -0.484 e. The van der Waals surface area contributed by atoms with Gasteiger partial charge in [0.2, 0.25) is 11.2 Å². The van der Waals surface area contributed by atoms with Crippen LogP contribution in [0, 0.1) is 17.7 Å². The molecule has 0 aliphatic heterocycles. The Morgan fingerprint density at radius 3 is 2.51 bits per heavy atom. The molecule has 1 amide bonds. The average Bonchev–Trinajstić information content (AvgIpc) is 2.80. The molecule has 1 aliphatic rings. The lowest BCUT2D eigenvalue weighted by atomic mass is 9.78. The standard InChI is InChI=1S/C26H25F4NO4/c1-14-4-3-5-20(15(14)2)31-22(32)13-34-18-10-11-19-21(12-18)35-25(26(28,29)30)23(24(19)33)16-6-8-17(27)9-7-16/h6-12,14-15,20H,3-5,13H2,1-2H3,(H,31,32)/t14-,15-,20-/m1/s1. The summed E-state index contributed by atoms with van der Waals surface area (Å²) in [7, 11) is 0. The van der Waals surface area contributed by atoms with E-state index in [0.717, 1.165) is 49.6 Å². The van der Waals surface area contributed by atoms with E-state index >= 15 is 0 Å². The van der Waals surface area contributed by atoms with Crippen LogP contribution in [0.3, 0.4) is 0 Å². The predicted molar refractivity (Wildman–Crippen MR) is 122 cm³/mol. The number of nitrogens with one attached hydrogen (secondary N) is 1. The van der Waals surface area contributed by atoms with Crippen LogP contribution in [0.15, 0.2) is 51.7 Å². The van der Waals surface area contributed by atoms with E-state index in [1.165, 1.54) is 12.1 Å². The largest absolute Gasteiger partial charge is 0.484 e. The van der Waals surface area contributed by atoms with Crippen molar-refractivity contribution < 1.29 is 31.5 Å². The van der Waals surface area contributed by atoms with Gasteiger partial charge in [-0.25, -0.2) is 4.39 Å². The van der Waals surface area contributed by atoms with Crippen molar-refractivity contribution in [2.45, 2.75) is 45.3 Å². The van der Waals surface area contributed by atoms with E-state index in [1.54, 1.807) is 0 Å². The minimum absolute atomic E-state index is 0.0451. The fourth-order valence-electron chi connectivity index (χ4n) is 4.52. The molecule has 186 valence electrons. The summed E-state index contributed by atoms with van der Waals surface area (Å²) in [5.41, 5.74) is -2.05. The summed E-state index contributed by atoms with van der Waals surface area (Å²) in [5, 5.41) is 2.86. The lowest BCUT2D eigenvalue weighted by Gasteiger charge is -2.34. The number of halogens is 4. The van der Waals surface area contributed by atoms with Gasteiger partial charge in [-0.3, -0.25) is 9.59 Å². The Hall–Kier alpha value is -3.36. The van der Waals surface area contributed by atoms with Gasteiger partial charge in [0.25, 0.3) is 5.91 Å². The maximum absolute atomic E-state index is 13.8. The van der Waals surface area contributed by atoms with E-state index in [9.17, 15) is 27.2 Å². The molecule has 1 aliphatic carbocycles. The number of hydrogen-bond acceptors (Lipinski definition) is 4. The van der Waals surface area contributed by atoms with Crippen molar-refractivity contribution in [3.63, 3.8) is 0 Å². The summed E-state index contributed by atoms with van der Waals surface area (Å²) in [6, 6.07) is 7.99. The maximum Gasteiger partial charge on any atom is 0.450 e. The number of alkyl halides is 3.